The molecule has 3 rings (SSSR count). The molecule has 90 valence electrons. The van der Waals surface area contributed by atoms with Crippen LogP contribution in [0.1, 0.15) is 18.7 Å². The molecule has 0 amide bonds. The highest BCUT2D eigenvalue weighted by atomic mass is 35.5. The number of nitrogens with one attached hydrogen (secondary N) is 1. The van der Waals surface area contributed by atoms with E-state index in [1.165, 1.54) is 12.8 Å². The zero-order chi connectivity index (χ0) is 11.7. The topological polar surface area (TPSA) is 51.2 Å². The van der Waals surface area contributed by atoms with Crippen LogP contribution in [-0.4, -0.2) is 17.6 Å². The molecule has 0 unspecified atom stereocenters. The van der Waals surface area contributed by atoms with E-state index < -0.39 is 0 Å². The van der Waals surface area contributed by atoms with E-state index in [2.05, 4.69) is 10.3 Å². The summed E-state index contributed by atoms with van der Waals surface area (Å²) in [7, 11) is 0. The summed E-state index contributed by atoms with van der Waals surface area (Å²) >= 11 is 5.70. The molecular formula is C12H13ClN2O2. The molecule has 1 saturated carbocycles. The van der Waals surface area contributed by atoms with Crippen LogP contribution in [0.4, 0.5) is 0 Å². The summed E-state index contributed by atoms with van der Waals surface area (Å²) in [6, 6.07) is 4.18. The monoisotopic (exact) mass is 252 g/mol. The highest BCUT2D eigenvalue weighted by Crippen LogP contribution is 2.25. The molecule has 17 heavy (non-hydrogen) atoms. The second-order valence-corrected chi connectivity index (χ2v) is 4.57. The molecule has 0 radical (unpaired) electrons. The van der Waals surface area contributed by atoms with Gasteiger partial charge in [-0.3, -0.25) is 0 Å². The maximum Gasteiger partial charge on any atom is 0.196 e. The van der Waals surface area contributed by atoms with Crippen molar-refractivity contribution in [3.63, 3.8) is 0 Å². The molecule has 1 fully saturated rings. The van der Waals surface area contributed by atoms with E-state index in [1.54, 1.807) is 18.3 Å². The minimum absolute atomic E-state index is 0.355. The van der Waals surface area contributed by atoms with Crippen molar-refractivity contribution in [3.05, 3.63) is 29.4 Å². The quantitative estimate of drug-likeness (QED) is 0.889. The van der Waals surface area contributed by atoms with Gasteiger partial charge >= 0.3 is 0 Å². The van der Waals surface area contributed by atoms with Crippen LogP contribution in [0.5, 0.6) is 0 Å². The molecule has 2 aromatic heterocycles. The third-order valence-electron chi connectivity index (χ3n) is 2.72. The van der Waals surface area contributed by atoms with Gasteiger partial charge in [0.1, 0.15) is 0 Å². The summed E-state index contributed by atoms with van der Waals surface area (Å²) in [6.45, 7) is 0.906. The molecule has 0 atom stereocenters. The third kappa shape index (κ3) is 2.70. The van der Waals surface area contributed by atoms with Gasteiger partial charge in [-0.15, -0.1) is 0 Å². The van der Waals surface area contributed by atoms with Gasteiger partial charge in [0.05, 0.1) is 6.20 Å². The second kappa shape index (κ2) is 4.55. The largest absolute Gasteiger partial charge is 0.441 e. The van der Waals surface area contributed by atoms with Crippen molar-refractivity contribution in [2.75, 3.05) is 6.54 Å². The molecule has 4 nitrogen and oxygen atoms in total. The van der Waals surface area contributed by atoms with E-state index >= 15 is 0 Å². The molecule has 5 heteroatoms. The lowest BCUT2D eigenvalue weighted by molar-refractivity contribution is 0.475. The van der Waals surface area contributed by atoms with Crippen molar-refractivity contribution >= 4 is 11.6 Å². The molecule has 0 bridgehead atoms. The maximum atomic E-state index is 5.70. The Bertz CT molecular complexity index is 502. The number of hydrogen-bond donors (Lipinski definition) is 1. The summed E-state index contributed by atoms with van der Waals surface area (Å²) < 4.78 is 10.8. The SMILES string of the molecule is Clc1ccc(-c2cnc(CCNC3CC3)o2)o1. The Morgan fingerprint density at radius 2 is 2.18 bits per heavy atom. The van der Waals surface area contributed by atoms with Crippen LogP contribution in [-0.2, 0) is 6.42 Å². The van der Waals surface area contributed by atoms with Crippen molar-refractivity contribution in [2.45, 2.75) is 25.3 Å². The number of aromatic nitrogens is 1. The van der Waals surface area contributed by atoms with Gasteiger partial charge < -0.3 is 14.2 Å². The first-order valence-electron chi connectivity index (χ1n) is 5.75. The van der Waals surface area contributed by atoms with Crippen LogP contribution in [0.2, 0.25) is 5.22 Å². The van der Waals surface area contributed by atoms with Crippen molar-refractivity contribution < 1.29 is 8.83 Å². The number of halogens is 1. The fraction of sp³-hybridized carbons (Fsp3) is 0.417. The Morgan fingerprint density at radius 1 is 1.29 bits per heavy atom. The predicted molar refractivity (Wildman–Crippen MR) is 63.9 cm³/mol. The van der Waals surface area contributed by atoms with Gasteiger partial charge in [0, 0.05) is 19.0 Å². The van der Waals surface area contributed by atoms with E-state index in [4.69, 9.17) is 20.4 Å². The third-order valence-corrected chi connectivity index (χ3v) is 2.92. The number of furan rings is 1. The minimum Gasteiger partial charge on any atom is -0.441 e. The van der Waals surface area contributed by atoms with Gasteiger partial charge in [-0.1, -0.05) is 0 Å². The maximum absolute atomic E-state index is 5.70. The molecule has 1 aliphatic carbocycles. The van der Waals surface area contributed by atoms with Crippen LogP contribution in [0.25, 0.3) is 11.5 Å². The summed E-state index contributed by atoms with van der Waals surface area (Å²) in [6.07, 6.45) is 5.05. The average molecular weight is 253 g/mol. The van der Waals surface area contributed by atoms with Crippen LogP contribution in [0.3, 0.4) is 0 Å². The lowest BCUT2D eigenvalue weighted by atomic mass is 10.4. The van der Waals surface area contributed by atoms with Gasteiger partial charge in [0.25, 0.3) is 0 Å². The number of rotatable bonds is 5. The Morgan fingerprint density at radius 3 is 2.88 bits per heavy atom. The van der Waals surface area contributed by atoms with E-state index in [-0.39, 0.29) is 0 Å². The standard InChI is InChI=1S/C12H13ClN2O2/c13-11-4-3-9(16-11)10-7-15-12(17-10)5-6-14-8-1-2-8/h3-4,7-8,14H,1-2,5-6H2. The van der Waals surface area contributed by atoms with Crippen LogP contribution < -0.4 is 5.32 Å². The lowest BCUT2D eigenvalue weighted by Crippen LogP contribution is -2.19. The molecule has 1 aliphatic rings. The second-order valence-electron chi connectivity index (χ2n) is 4.20. The van der Waals surface area contributed by atoms with Gasteiger partial charge in [-0.05, 0) is 36.6 Å². The first-order valence-corrected chi connectivity index (χ1v) is 6.13. The van der Waals surface area contributed by atoms with Gasteiger partial charge in [0.2, 0.25) is 0 Å². The number of hydrogen-bond acceptors (Lipinski definition) is 4. The van der Waals surface area contributed by atoms with Crippen molar-refractivity contribution in [2.24, 2.45) is 0 Å². The highest BCUT2D eigenvalue weighted by Gasteiger charge is 2.20. The summed E-state index contributed by atoms with van der Waals surface area (Å²) in [5.74, 6) is 1.96. The fourth-order valence-corrected chi connectivity index (χ4v) is 1.80. The fourth-order valence-electron chi connectivity index (χ4n) is 1.66. The lowest BCUT2D eigenvalue weighted by Gasteiger charge is -1.98. The van der Waals surface area contributed by atoms with E-state index in [0.717, 1.165) is 18.9 Å². The van der Waals surface area contributed by atoms with Crippen LogP contribution in [0, 0.1) is 0 Å². The Hall–Kier alpha value is -1.26. The molecule has 0 aromatic carbocycles. The smallest absolute Gasteiger partial charge is 0.196 e. The van der Waals surface area contributed by atoms with Gasteiger partial charge in [-0.25, -0.2) is 4.98 Å². The zero-order valence-corrected chi connectivity index (χ0v) is 10.0. The molecule has 1 N–H and O–H groups in total. The zero-order valence-electron chi connectivity index (χ0n) is 9.28. The van der Waals surface area contributed by atoms with E-state index in [1.807, 2.05) is 0 Å². The average Bonchev–Trinajstić information content (AvgIpc) is 2.85. The predicted octanol–water partition coefficient (Wildman–Crippen LogP) is 2.88. The summed E-state index contributed by atoms with van der Waals surface area (Å²) in [4.78, 5) is 4.21. The molecule has 2 heterocycles. The molecule has 0 spiro atoms. The summed E-state index contributed by atoms with van der Waals surface area (Å²) in [5.41, 5.74) is 0. The van der Waals surface area contributed by atoms with Gasteiger partial charge in [-0.2, -0.15) is 0 Å². The first-order chi connectivity index (χ1) is 8.31. The Balaban J connectivity index is 1.61. The minimum atomic E-state index is 0.355. The molecule has 0 aliphatic heterocycles. The van der Waals surface area contributed by atoms with Crippen LogP contribution in [0.15, 0.2) is 27.2 Å². The van der Waals surface area contributed by atoms with Crippen LogP contribution >= 0.6 is 11.6 Å². The van der Waals surface area contributed by atoms with Crippen molar-refractivity contribution in [1.29, 1.82) is 0 Å². The summed E-state index contributed by atoms with van der Waals surface area (Å²) in [5, 5.41) is 3.77. The van der Waals surface area contributed by atoms with E-state index in [9.17, 15) is 0 Å². The number of oxazole rings is 1. The Labute approximate surface area is 104 Å². The normalized spacial score (nSPS) is 15.4. The number of nitrogens with zero attached hydrogens (tertiary/aromatic N) is 1. The van der Waals surface area contributed by atoms with Crippen molar-refractivity contribution in [3.8, 4) is 11.5 Å². The van der Waals surface area contributed by atoms with Crippen molar-refractivity contribution in [1.82, 2.24) is 10.3 Å². The molecule has 0 saturated heterocycles. The van der Waals surface area contributed by atoms with E-state index in [0.29, 0.717) is 22.8 Å². The molecule has 2 aromatic rings. The molecular weight excluding hydrogens is 240 g/mol. The Kier molecular flexibility index (Phi) is 2.91. The first kappa shape index (κ1) is 10.9. The van der Waals surface area contributed by atoms with Gasteiger partial charge in [0.15, 0.2) is 22.6 Å². The highest BCUT2D eigenvalue weighted by molar-refractivity contribution is 6.28.